The van der Waals surface area contributed by atoms with Gasteiger partial charge in [0.2, 0.25) is 0 Å². The first-order valence-electron chi connectivity index (χ1n) is 14.7. The normalized spacial score (nSPS) is 12.1. The van der Waals surface area contributed by atoms with E-state index in [1.54, 1.807) is 0 Å². The van der Waals surface area contributed by atoms with Crippen molar-refractivity contribution in [1.82, 2.24) is 19.4 Å². The highest BCUT2D eigenvalue weighted by Crippen LogP contribution is 2.42. The molecule has 0 spiro atoms. The highest BCUT2D eigenvalue weighted by molar-refractivity contribution is 7.25. The van der Waals surface area contributed by atoms with Gasteiger partial charge in [0.15, 0.2) is 0 Å². The Labute approximate surface area is 255 Å². The lowest BCUT2D eigenvalue weighted by Crippen LogP contribution is -1.91. The summed E-state index contributed by atoms with van der Waals surface area (Å²) < 4.78 is 3.59. The average molecular weight is 579 g/mol. The third-order valence-corrected chi connectivity index (χ3v) is 9.91. The van der Waals surface area contributed by atoms with E-state index in [2.05, 4.69) is 132 Å². The predicted molar refractivity (Wildman–Crippen MR) is 185 cm³/mol. The summed E-state index contributed by atoms with van der Waals surface area (Å²) in [7, 11) is 0. The second-order valence-electron chi connectivity index (χ2n) is 11.3. The van der Waals surface area contributed by atoms with Crippen LogP contribution in [0.25, 0.3) is 92.1 Å². The van der Waals surface area contributed by atoms with E-state index in [0.717, 1.165) is 66.4 Å². The maximum absolute atomic E-state index is 5.25. The lowest BCUT2D eigenvalue weighted by atomic mass is 10.0. The lowest BCUT2D eigenvalue weighted by molar-refractivity contribution is 1.34. The van der Waals surface area contributed by atoms with Crippen LogP contribution >= 0.6 is 11.3 Å². The number of rotatable bonds is 2. The van der Waals surface area contributed by atoms with Crippen LogP contribution in [-0.2, 0) is 0 Å². The van der Waals surface area contributed by atoms with Crippen molar-refractivity contribution in [3.8, 4) is 22.5 Å². The van der Waals surface area contributed by atoms with E-state index in [0.29, 0.717) is 0 Å². The number of imidazole rings is 1. The molecule has 0 aliphatic rings. The monoisotopic (exact) mass is 578 g/mol. The van der Waals surface area contributed by atoms with Gasteiger partial charge in [-0.15, -0.1) is 11.3 Å². The van der Waals surface area contributed by atoms with E-state index in [-0.39, 0.29) is 0 Å². The van der Waals surface area contributed by atoms with E-state index < -0.39 is 0 Å². The van der Waals surface area contributed by atoms with Crippen molar-refractivity contribution >= 4 is 80.9 Å². The molecule has 0 atom stereocenters. The number of aromatic nitrogens is 4. The van der Waals surface area contributed by atoms with Crippen LogP contribution in [0.4, 0.5) is 0 Å². The Balaban J connectivity index is 1.23. The van der Waals surface area contributed by atoms with E-state index >= 15 is 0 Å². The molecule has 10 rings (SSSR count). The van der Waals surface area contributed by atoms with Gasteiger partial charge in [-0.2, -0.15) is 0 Å². The quantitative estimate of drug-likeness (QED) is 0.192. The van der Waals surface area contributed by atoms with Gasteiger partial charge in [0.1, 0.15) is 10.5 Å². The Morgan fingerprint density at radius 1 is 0.500 bits per heavy atom. The van der Waals surface area contributed by atoms with E-state index in [4.69, 9.17) is 15.0 Å². The smallest absolute Gasteiger partial charge is 0.147 e. The molecule has 0 aliphatic carbocycles. The molecule has 0 bridgehead atoms. The lowest BCUT2D eigenvalue weighted by Gasteiger charge is -2.09. The number of hydrogen-bond donors (Lipinski definition) is 0. The number of fused-ring (bicyclic) bond motifs is 13. The minimum atomic E-state index is 0.921. The highest BCUT2D eigenvalue weighted by atomic mass is 32.1. The second kappa shape index (κ2) is 8.93. The Kier molecular flexibility index (Phi) is 4.84. The Morgan fingerprint density at radius 2 is 1.16 bits per heavy atom. The molecule has 5 aromatic heterocycles. The Bertz CT molecular complexity index is 2780. The van der Waals surface area contributed by atoms with E-state index in [9.17, 15) is 0 Å². The topological polar surface area (TPSA) is 43.1 Å². The fourth-order valence-electron chi connectivity index (χ4n) is 6.67. The number of benzene rings is 5. The zero-order chi connectivity index (χ0) is 28.8. The predicted octanol–water partition coefficient (Wildman–Crippen LogP) is 10.4. The van der Waals surface area contributed by atoms with Gasteiger partial charge in [-0.05, 0) is 41.8 Å². The number of nitrogens with zero attached hydrogens (tertiary/aromatic N) is 4. The van der Waals surface area contributed by atoms with Gasteiger partial charge in [-0.1, -0.05) is 97.1 Å². The van der Waals surface area contributed by atoms with Crippen molar-refractivity contribution in [2.75, 3.05) is 0 Å². The molecule has 5 aromatic carbocycles. The summed E-state index contributed by atoms with van der Waals surface area (Å²) >= 11 is 1.83. The Morgan fingerprint density at radius 3 is 1.95 bits per heavy atom. The maximum atomic E-state index is 5.25. The molecule has 204 valence electrons. The largest absolute Gasteiger partial charge is 0.283 e. The standard InChI is InChI=1S/C39H22N4S/c1-2-8-23(9-3-1)30-19-16-24-14-15-25-17-20-31(41-37(25)36(24)40-30)26-18-21-34-29(22-26)35-27-10-4-5-11-28(27)38-42-32-12-6-7-13-33(32)43(38)39(35)44-34/h1-22H. The van der Waals surface area contributed by atoms with Gasteiger partial charge < -0.3 is 0 Å². The minimum absolute atomic E-state index is 0.921. The second-order valence-corrected chi connectivity index (χ2v) is 12.3. The summed E-state index contributed by atoms with van der Waals surface area (Å²) in [6.07, 6.45) is 0. The molecule has 0 unspecified atom stereocenters. The number of pyridine rings is 3. The molecule has 44 heavy (non-hydrogen) atoms. The molecule has 0 saturated carbocycles. The zero-order valence-corrected chi connectivity index (χ0v) is 24.2. The van der Waals surface area contributed by atoms with Crippen LogP contribution in [-0.4, -0.2) is 19.4 Å². The third-order valence-electron chi connectivity index (χ3n) is 8.76. The molecular weight excluding hydrogens is 557 g/mol. The van der Waals surface area contributed by atoms with Gasteiger partial charge in [-0.25, -0.2) is 15.0 Å². The van der Waals surface area contributed by atoms with Gasteiger partial charge in [-0.3, -0.25) is 4.40 Å². The molecule has 4 nitrogen and oxygen atoms in total. The number of para-hydroxylation sites is 2. The van der Waals surface area contributed by atoms with Gasteiger partial charge in [0.05, 0.1) is 33.5 Å². The molecule has 5 heterocycles. The average Bonchev–Trinajstić information content (AvgIpc) is 3.67. The molecular formula is C39H22N4S. The summed E-state index contributed by atoms with van der Waals surface area (Å²) in [5.74, 6) is 0. The Hall–Kier alpha value is -5.65. The van der Waals surface area contributed by atoms with Crippen molar-refractivity contribution in [2.24, 2.45) is 0 Å². The summed E-state index contributed by atoms with van der Waals surface area (Å²) in [5.41, 5.74) is 9.09. The van der Waals surface area contributed by atoms with Crippen molar-refractivity contribution in [1.29, 1.82) is 0 Å². The van der Waals surface area contributed by atoms with Crippen LogP contribution in [0.1, 0.15) is 0 Å². The highest BCUT2D eigenvalue weighted by Gasteiger charge is 2.18. The van der Waals surface area contributed by atoms with Gasteiger partial charge in [0.25, 0.3) is 0 Å². The summed E-state index contributed by atoms with van der Waals surface area (Å²) in [6.45, 7) is 0. The number of thiophene rings is 1. The van der Waals surface area contributed by atoms with Crippen LogP contribution < -0.4 is 0 Å². The van der Waals surface area contributed by atoms with Crippen LogP contribution in [0.2, 0.25) is 0 Å². The molecule has 0 aliphatic heterocycles. The minimum Gasteiger partial charge on any atom is -0.283 e. The first-order chi connectivity index (χ1) is 21.8. The molecule has 0 N–H and O–H groups in total. The van der Waals surface area contributed by atoms with Crippen LogP contribution in [0.5, 0.6) is 0 Å². The summed E-state index contributed by atoms with van der Waals surface area (Å²) in [6, 6.07) is 47.0. The fraction of sp³-hybridized carbons (Fsp3) is 0. The van der Waals surface area contributed by atoms with Crippen LogP contribution in [0, 0.1) is 0 Å². The molecule has 0 saturated heterocycles. The van der Waals surface area contributed by atoms with Gasteiger partial charge >= 0.3 is 0 Å². The number of hydrogen-bond acceptors (Lipinski definition) is 4. The molecule has 0 amide bonds. The van der Waals surface area contributed by atoms with Crippen molar-refractivity contribution in [3.05, 3.63) is 133 Å². The first-order valence-corrected chi connectivity index (χ1v) is 15.5. The van der Waals surface area contributed by atoms with E-state index in [1.165, 1.54) is 25.7 Å². The molecule has 0 radical (unpaired) electrons. The molecule has 0 fully saturated rings. The van der Waals surface area contributed by atoms with E-state index in [1.807, 2.05) is 17.4 Å². The van der Waals surface area contributed by atoms with Crippen LogP contribution in [0.3, 0.4) is 0 Å². The summed E-state index contributed by atoms with van der Waals surface area (Å²) in [4.78, 5) is 16.6. The van der Waals surface area contributed by atoms with Crippen molar-refractivity contribution < 1.29 is 0 Å². The SMILES string of the molecule is c1ccc(-c2ccc3ccc4ccc(-c5ccc6sc7c(c6c5)c5ccccc5c5nc6ccccc6n57)nc4c3n2)cc1. The molecule has 5 heteroatoms. The van der Waals surface area contributed by atoms with Crippen molar-refractivity contribution in [2.45, 2.75) is 0 Å². The van der Waals surface area contributed by atoms with Crippen molar-refractivity contribution in [3.63, 3.8) is 0 Å². The summed E-state index contributed by atoms with van der Waals surface area (Å²) in [5, 5.41) is 7.06. The maximum Gasteiger partial charge on any atom is 0.147 e. The van der Waals surface area contributed by atoms with Crippen LogP contribution in [0.15, 0.2) is 133 Å². The molecule has 10 aromatic rings. The van der Waals surface area contributed by atoms with Gasteiger partial charge in [0, 0.05) is 42.8 Å². The first kappa shape index (κ1) is 23.9. The fourth-order valence-corrected chi connectivity index (χ4v) is 7.88. The third kappa shape index (κ3) is 3.36. The zero-order valence-electron chi connectivity index (χ0n) is 23.4.